The quantitative estimate of drug-likeness (QED) is 0.697. The molecular weight excluding hydrogens is 374 g/mol. The summed E-state index contributed by atoms with van der Waals surface area (Å²) in [7, 11) is 0. The van der Waals surface area contributed by atoms with Gasteiger partial charge in [-0.05, 0) is 19.4 Å². The zero-order valence-corrected chi connectivity index (χ0v) is 16.3. The Balaban J connectivity index is 1.38. The first-order chi connectivity index (χ1) is 14.0. The summed E-state index contributed by atoms with van der Waals surface area (Å²) in [6.07, 6.45) is 1.75. The maximum atomic E-state index is 6.30. The van der Waals surface area contributed by atoms with Gasteiger partial charge in [0.2, 0.25) is 0 Å². The number of anilines is 1. The lowest BCUT2D eigenvalue weighted by Crippen LogP contribution is -2.32. The number of nitrogens with two attached hydrogens (primary N) is 1. The van der Waals surface area contributed by atoms with Crippen LogP contribution < -0.4 is 5.73 Å². The second kappa shape index (κ2) is 7.03. The molecule has 9 nitrogen and oxygen atoms in total. The Morgan fingerprint density at radius 2 is 1.90 bits per heavy atom. The minimum Gasteiger partial charge on any atom is -0.382 e. The van der Waals surface area contributed by atoms with Gasteiger partial charge in [-0.15, -0.1) is 0 Å². The Bertz CT molecular complexity index is 1010. The van der Waals surface area contributed by atoms with Gasteiger partial charge in [0.15, 0.2) is 23.5 Å². The van der Waals surface area contributed by atoms with E-state index in [0.29, 0.717) is 30.2 Å². The number of nitrogen functional groups attached to an aromatic ring is 1. The molecule has 2 saturated heterocycles. The fraction of sp³-hybridized carbons (Fsp3) is 0.450. The molecule has 0 spiro atoms. The fourth-order valence-corrected chi connectivity index (χ4v) is 3.94. The molecule has 0 amide bonds. The molecule has 2 aliphatic rings. The number of nitrogens with zero attached hydrogens (tertiary/aromatic N) is 4. The smallest absolute Gasteiger partial charge is 0.167 e. The second-order valence-corrected chi connectivity index (χ2v) is 7.71. The van der Waals surface area contributed by atoms with E-state index in [1.165, 1.54) is 6.33 Å². The van der Waals surface area contributed by atoms with E-state index in [1.807, 2.05) is 48.7 Å². The highest BCUT2D eigenvalue weighted by Crippen LogP contribution is 2.43. The van der Waals surface area contributed by atoms with Crippen LogP contribution >= 0.6 is 0 Å². The number of fused-ring (bicyclic) bond motifs is 2. The third kappa shape index (κ3) is 3.36. The molecule has 0 radical (unpaired) electrons. The van der Waals surface area contributed by atoms with Gasteiger partial charge < -0.3 is 24.7 Å². The summed E-state index contributed by atoms with van der Waals surface area (Å²) in [5.41, 5.74) is 8.16. The van der Waals surface area contributed by atoms with Crippen LogP contribution in [0, 0.1) is 0 Å². The SMILES string of the molecule is CC1(C)O[C@@H]2[C@H](O1)[C@@H](COCc1ccccc1)O[C@H]2n1cnc2c(N)ncnc21. The normalized spacial score (nSPS) is 28.1. The van der Waals surface area contributed by atoms with Gasteiger partial charge in [0.05, 0.1) is 19.5 Å². The molecule has 152 valence electrons. The number of benzene rings is 1. The van der Waals surface area contributed by atoms with E-state index in [9.17, 15) is 0 Å². The molecule has 2 aromatic heterocycles. The van der Waals surface area contributed by atoms with E-state index < -0.39 is 12.0 Å². The predicted octanol–water partition coefficient (Wildman–Crippen LogP) is 2.04. The van der Waals surface area contributed by atoms with Gasteiger partial charge in [-0.3, -0.25) is 4.57 Å². The largest absolute Gasteiger partial charge is 0.382 e. The summed E-state index contributed by atoms with van der Waals surface area (Å²) < 4.78 is 26.3. The monoisotopic (exact) mass is 397 g/mol. The van der Waals surface area contributed by atoms with Crippen molar-refractivity contribution in [3.8, 4) is 0 Å². The Morgan fingerprint density at radius 3 is 2.72 bits per heavy atom. The van der Waals surface area contributed by atoms with Crippen molar-refractivity contribution in [2.75, 3.05) is 12.3 Å². The first-order valence-corrected chi connectivity index (χ1v) is 9.57. The zero-order valence-electron chi connectivity index (χ0n) is 16.3. The van der Waals surface area contributed by atoms with Crippen LogP contribution in [-0.2, 0) is 25.6 Å². The van der Waals surface area contributed by atoms with Crippen molar-refractivity contribution < 1.29 is 18.9 Å². The van der Waals surface area contributed by atoms with Crippen molar-refractivity contribution >= 4 is 17.0 Å². The summed E-state index contributed by atoms with van der Waals surface area (Å²) in [5, 5.41) is 0. The highest BCUT2D eigenvalue weighted by atomic mass is 16.8. The number of rotatable bonds is 5. The van der Waals surface area contributed by atoms with E-state index in [1.54, 1.807) is 6.33 Å². The van der Waals surface area contributed by atoms with Crippen molar-refractivity contribution in [1.29, 1.82) is 0 Å². The van der Waals surface area contributed by atoms with Gasteiger partial charge in [0.25, 0.3) is 0 Å². The average molecular weight is 397 g/mol. The summed E-state index contributed by atoms with van der Waals surface area (Å²) >= 11 is 0. The number of imidazole rings is 1. The molecule has 4 atom stereocenters. The summed E-state index contributed by atoms with van der Waals surface area (Å²) in [5.74, 6) is -0.380. The van der Waals surface area contributed by atoms with Crippen LogP contribution in [0.1, 0.15) is 25.6 Å². The average Bonchev–Trinajstić information content (AvgIpc) is 3.35. The van der Waals surface area contributed by atoms with Gasteiger partial charge in [-0.25, -0.2) is 15.0 Å². The number of hydrogen-bond donors (Lipinski definition) is 1. The number of ether oxygens (including phenoxy) is 4. The molecule has 2 N–H and O–H groups in total. The van der Waals surface area contributed by atoms with Crippen molar-refractivity contribution in [2.24, 2.45) is 0 Å². The van der Waals surface area contributed by atoms with Crippen LogP contribution in [0.25, 0.3) is 11.2 Å². The first-order valence-electron chi connectivity index (χ1n) is 9.57. The van der Waals surface area contributed by atoms with E-state index in [-0.39, 0.29) is 18.3 Å². The van der Waals surface area contributed by atoms with Crippen molar-refractivity contribution in [1.82, 2.24) is 19.5 Å². The Morgan fingerprint density at radius 1 is 1.10 bits per heavy atom. The van der Waals surface area contributed by atoms with Gasteiger partial charge in [-0.1, -0.05) is 30.3 Å². The summed E-state index contributed by atoms with van der Waals surface area (Å²) in [6, 6.07) is 10.0. The Hall–Kier alpha value is -2.59. The Kier molecular flexibility index (Phi) is 4.47. The predicted molar refractivity (Wildman–Crippen MR) is 104 cm³/mol. The second-order valence-electron chi connectivity index (χ2n) is 7.71. The van der Waals surface area contributed by atoms with E-state index in [0.717, 1.165) is 5.56 Å². The molecule has 29 heavy (non-hydrogen) atoms. The lowest BCUT2D eigenvalue weighted by molar-refractivity contribution is -0.202. The van der Waals surface area contributed by atoms with Crippen molar-refractivity contribution in [2.45, 2.75) is 50.8 Å². The molecule has 2 fully saturated rings. The molecule has 2 aliphatic heterocycles. The topological polar surface area (TPSA) is 107 Å². The van der Waals surface area contributed by atoms with Gasteiger partial charge in [-0.2, -0.15) is 0 Å². The third-order valence-corrected chi connectivity index (χ3v) is 5.18. The molecule has 0 saturated carbocycles. The maximum absolute atomic E-state index is 6.30. The minimum absolute atomic E-state index is 0.262. The lowest BCUT2D eigenvalue weighted by Gasteiger charge is -2.24. The molecule has 0 bridgehead atoms. The van der Waals surface area contributed by atoms with Gasteiger partial charge >= 0.3 is 0 Å². The first kappa shape index (κ1) is 18.4. The fourth-order valence-electron chi connectivity index (χ4n) is 3.94. The van der Waals surface area contributed by atoms with Crippen LogP contribution in [0.2, 0.25) is 0 Å². The van der Waals surface area contributed by atoms with E-state index in [4.69, 9.17) is 24.7 Å². The molecular formula is C20H23N5O4. The molecule has 5 rings (SSSR count). The molecule has 1 aromatic carbocycles. The van der Waals surface area contributed by atoms with Crippen molar-refractivity contribution in [3.05, 3.63) is 48.5 Å². The number of aromatic nitrogens is 4. The zero-order chi connectivity index (χ0) is 20.0. The molecule has 0 aliphatic carbocycles. The molecule has 0 unspecified atom stereocenters. The third-order valence-electron chi connectivity index (χ3n) is 5.18. The highest BCUT2D eigenvalue weighted by molar-refractivity contribution is 5.81. The highest BCUT2D eigenvalue weighted by Gasteiger charge is 2.56. The molecule has 4 heterocycles. The summed E-state index contributed by atoms with van der Waals surface area (Å²) in [4.78, 5) is 12.7. The van der Waals surface area contributed by atoms with Crippen LogP contribution in [0.15, 0.2) is 43.0 Å². The van der Waals surface area contributed by atoms with E-state index in [2.05, 4.69) is 15.0 Å². The van der Waals surface area contributed by atoms with Crippen molar-refractivity contribution in [3.63, 3.8) is 0 Å². The molecule has 3 aromatic rings. The maximum Gasteiger partial charge on any atom is 0.167 e. The minimum atomic E-state index is -0.709. The lowest BCUT2D eigenvalue weighted by atomic mass is 10.1. The van der Waals surface area contributed by atoms with Crippen LogP contribution in [-0.4, -0.2) is 50.2 Å². The Labute approximate surface area is 167 Å². The molecule has 9 heteroatoms. The van der Waals surface area contributed by atoms with Gasteiger partial charge in [0.1, 0.15) is 30.2 Å². The van der Waals surface area contributed by atoms with E-state index >= 15 is 0 Å². The van der Waals surface area contributed by atoms with Crippen LogP contribution in [0.4, 0.5) is 5.82 Å². The summed E-state index contributed by atoms with van der Waals surface area (Å²) in [6.45, 7) is 4.69. The van der Waals surface area contributed by atoms with Gasteiger partial charge in [0, 0.05) is 0 Å². The standard InChI is InChI=1S/C20H23N5O4/c1-20(2)28-15-13(9-26-8-12-6-4-3-5-7-12)27-19(16(15)29-20)25-11-24-14-17(21)22-10-23-18(14)25/h3-7,10-11,13,15-16,19H,8-9H2,1-2H3,(H2,21,22,23)/t13-,15-,16-,19-/m1/s1. The number of hydrogen-bond acceptors (Lipinski definition) is 8. The van der Waals surface area contributed by atoms with Crippen LogP contribution in [0.3, 0.4) is 0 Å². The van der Waals surface area contributed by atoms with Crippen LogP contribution in [0.5, 0.6) is 0 Å².